The smallest absolute Gasteiger partial charge is 0.293 e. The molecule has 26 heavy (non-hydrogen) atoms. The van der Waals surface area contributed by atoms with Gasteiger partial charge in [0.25, 0.3) is 11.6 Å². The number of carbonyl (C=O) groups is 1. The number of nitro benzene ring substituents is 1. The van der Waals surface area contributed by atoms with Crippen LogP contribution in [0.2, 0.25) is 0 Å². The van der Waals surface area contributed by atoms with E-state index in [1.54, 1.807) is 24.1 Å². The number of ether oxygens (including phenoxy) is 1. The van der Waals surface area contributed by atoms with Crippen molar-refractivity contribution in [3.05, 3.63) is 69.3 Å². The molecule has 0 spiro atoms. The van der Waals surface area contributed by atoms with Crippen LogP contribution in [-0.2, 0) is 17.7 Å². The van der Waals surface area contributed by atoms with Crippen LogP contribution in [0.1, 0.15) is 21.5 Å². The van der Waals surface area contributed by atoms with Crippen LogP contribution in [0.4, 0.5) is 11.4 Å². The average Bonchev–Trinajstić information content (AvgIpc) is 2.67. The van der Waals surface area contributed by atoms with Crippen molar-refractivity contribution in [2.45, 2.75) is 13.0 Å². The van der Waals surface area contributed by atoms with E-state index in [4.69, 9.17) is 4.74 Å². The molecule has 0 bridgehead atoms. The molecular weight excluding hydrogens is 334 g/mol. The Morgan fingerprint density at radius 3 is 2.77 bits per heavy atom. The number of benzene rings is 2. The number of hydrogen-bond acceptors (Lipinski definition) is 5. The molecule has 0 saturated heterocycles. The van der Waals surface area contributed by atoms with Gasteiger partial charge >= 0.3 is 0 Å². The molecule has 0 unspecified atom stereocenters. The second-order valence-electron chi connectivity index (χ2n) is 6.15. The molecular formula is C19H21N3O4. The molecule has 1 aliphatic rings. The lowest BCUT2D eigenvalue weighted by Crippen LogP contribution is -2.35. The fourth-order valence-corrected chi connectivity index (χ4v) is 3.10. The van der Waals surface area contributed by atoms with Crippen molar-refractivity contribution in [1.29, 1.82) is 0 Å². The first-order chi connectivity index (χ1) is 12.6. The highest BCUT2D eigenvalue weighted by atomic mass is 16.6. The summed E-state index contributed by atoms with van der Waals surface area (Å²) in [4.78, 5) is 25.5. The SMILES string of the molecule is COCCNc1ccc(C(=O)N2CCc3ccccc3C2)cc1[N+](=O)[O-]. The van der Waals surface area contributed by atoms with Crippen LogP contribution in [0.5, 0.6) is 0 Å². The monoisotopic (exact) mass is 355 g/mol. The summed E-state index contributed by atoms with van der Waals surface area (Å²) in [6.45, 7) is 2.02. The Kier molecular flexibility index (Phi) is 5.48. The average molecular weight is 355 g/mol. The number of carbonyl (C=O) groups excluding carboxylic acids is 1. The molecule has 0 radical (unpaired) electrons. The Labute approximate surface area is 151 Å². The van der Waals surface area contributed by atoms with E-state index in [9.17, 15) is 14.9 Å². The van der Waals surface area contributed by atoms with Crippen molar-refractivity contribution in [3.63, 3.8) is 0 Å². The van der Waals surface area contributed by atoms with Gasteiger partial charge in [0, 0.05) is 38.4 Å². The van der Waals surface area contributed by atoms with Crippen LogP contribution in [-0.4, -0.2) is 42.5 Å². The van der Waals surface area contributed by atoms with Gasteiger partial charge in [-0.25, -0.2) is 0 Å². The largest absolute Gasteiger partial charge is 0.383 e. The standard InChI is InChI=1S/C19H21N3O4/c1-26-11-9-20-17-7-6-15(12-18(17)22(24)25)19(23)21-10-8-14-4-2-3-5-16(14)13-21/h2-7,12,20H,8-11,13H2,1H3. The van der Waals surface area contributed by atoms with Gasteiger partial charge < -0.3 is 15.0 Å². The van der Waals surface area contributed by atoms with Crippen molar-refractivity contribution < 1.29 is 14.5 Å². The molecule has 136 valence electrons. The summed E-state index contributed by atoms with van der Waals surface area (Å²) < 4.78 is 4.94. The quantitative estimate of drug-likeness (QED) is 0.489. The highest BCUT2D eigenvalue weighted by Crippen LogP contribution is 2.27. The van der Waals surface area contributed by atoms with Gasteiger partial charge in [-0.05, 0) is 29.7 Å². The molecule has 1 N–H and O–H groups in total. The van der Waals surface area contributed by atoms with Gasteiger partial charge in [-0.2, -0.15) is 0 Å². The lowest BCUT2D eigenvalue weighted by atomic mass is 9.99. The van der Waals surface area contributed by atoms with Crippen LogP contribution >= 0.6 is 0 Å². The lowest BCUT2D eigenvalue weighted by molar-refractivity contribution is -0.384. The maximum Gasteiger partial charge on any atom is 0.293 e. The number of nitrogens with one attached hydrogen (secondary N) is 1. The molecule has 0 aromatic heterocycles. The first kappa shape index (κ1) is 17.9. The van der Waals surface area contributed by atoms with Gasteiger partial charge in [0.1, 0.15) is 5.69 Å². The maximum absolute atomic E-state index is 12.8. The van der Waals surface area contributed by atoms with E-state index in [-0.39, 0.29) is 11.6 Å². The van der Waals surface area contributed by atoms with Crippen LogP contribution in [0.3, 0.4) is 0 Å². The maximum atomic E-state index is 12.8. The summed E-state index contributed by atoms with van der Waals surface area (Å²) in [5.41, 5.74) is 2.98. The predicted octanol–water partition coefficient (Wildman–Crippen LogP) is 2.85. The minimum Gasteiger partial charge on any atom is -0.383 e. The zero-order valence-electron chi connectivity index (χ0n) is 14.6. The Morgan fingerprint density at radius 1 is 1.27 bits per heavy atom. The van der Waals surface area contributed by atoms with Crippen molar-refractivity contribution in [2.75, 3.05) is 32.1 Å². The van der Waals surface area contributed by atoms with Gasteiger partial charge in [0.15, 0.2) is 0 Å². The molecule has 7 heteroatoms. The molecule has 0 saturated carbocycles. The summed E-state index contributed by atoms with van der Waals surface area (Å²) in [6.07, 6.45) is 0.792. The van der Waals surface area contributed by atoms with E-state index in [0.717, 1.165) is 12.0 Å². The summed E-state index contributed by atoms with van der Waals surface area (Å²) in [5.74, 6) is -0.189. The first-order valence-electron chi connectivity index (χ1n) is 8.47. The van der Waals surface area contributed by atoms with Gasteiger partial charge in [-0.1, -0.05) is 24.3 Å². The third-order valence-electron chi connectivity index (χ3n) is 4.48. The molecule has 0 fully saturated rings. The molecule has 3 rings (SSSR count). The van der Waals surface area contributed by atoms with Crippen molar-refractivity contribution in [3.8, 4) is 0 Å². The fourth-order valence-electron chi connectivity index (χ4n) is 3.10. The predicted molar refractivity (Wildman–Crippen MR) is 98.3 cm³/mol. The van der Waals surface area contributed by atoms with E-state index in [1.807, 2.05) is 18.2 Å². The zero-order valence-corrected chi connectivity index (χ0v) is 14.6. The molecule has 1 aliphatic heterocycles. The van der Waals surface area contributed by atoms with E-state index in [0.29, 0.717) is 37.5 Å². The number of rotatable bonds is 6. The highest BCUT2D eigenvalue weighted by Gasteiger charge is 2.24. The van der Waals surface area contributed by atoms with E-state index in [2.05, 4.69) is 11.4 Å². The molecule has 2 aromatic carbocycles. The molecule has 0 aliphatic carbocycles. The van der Waals surface area contributed by atoms with Crippen molar-refractivity contribution in [1.82, 2.24) is 4.90 Å². The molecule has 7 nitrogen and oxygen atoms in total. The third kappa shape index (κ3) is 3.83. The molecule has 1 amide bonds. The molecule has 2 aromatic rings. The summed E-state index contributed by atoms with van der Waals surface area (Å²) in [6, 6.07) is 12.6. The first-order valence-corrected chi connectivity index (χ1v) is 8.47. The summed E-state index contributed by atoms with van der Waals surface area (Å²) >= 11 is 0. The van der Waals surface area contributed by atoms with Crippen LogP contribution < -0.4 is 5.32 Å². The summed E-state index contributed by atoms with van der Waals surface area (Å²) in [7, 11) is 1.56. The number of amides is 1. The minimum absolute atomic E-state index is 0.107. The van der Waals surface area contributed by atoms with Crippen LogP contribution in [0.15, 0.2) is 42.5 Å². The number of hydrogen-bond donors (Lipinski definition) is 1. The normalized spacial score (nSPS) is 13.2. The highest BCUT2D eigenvalue weighted by molar-refractivity contribution is 5.96. The second kappa shape index (κ2) is 7.97. The zero-order chi connectivity index (χ0) is 18.5. The Morgan fingerprint density at radius 2 is 2.04 bits per heavy atom. The summed E-state index contributed by atoms with van der Waals surface area (Å²) in [5, 5.41) is 14.3. The molecule has 0 atom stereocenters. The number of fused-ring (bicyclic) bond motifs is 1. The van der Waals surface area contributed by atoms with E-state index < -0.39 is 4.92 Å². The minimum atomic E-state index is -0.475. The van der Waals surface area contributed by atoms with Crippen molar-refractivity contribution >= 4 is 17.3 Å². The third-order valence-corrected chi connectivity index (χ3v) is 4.48. The van der Waals surface area contributed by atoms with Gasteiger partial charge in [-0.15, -0.1) is 0 Å². The lowest BCUT2D eigenvalue weighted by Gasteiger charge is -2.29. The Hall–Kier alpha value is -2.93. The number of nitro groups is 1. The Bertz CT molecular complexity index is 822. The van der Waals surface area contributed by atoms with Crippen LogP contribution in [0.25, 0.3) is 0 Å². The van der Waals surface area contributed by atoms with E-state index in [1.165, 1.54) is 11.6 Å². The van der Waals surface area contributed by atoms with Crippen LogP contribution in [0, 0.1) is 10.1 Å². The second-order valence-corrected chi connectivity index (χ2v) is 6.15. The fraction of sp³-hybridized carbons (Fsp3) is 0.316. The van der Waals surface area contributed by atoms with Gasteiger partial charge in [0.05, 0.1) is 11.5 Å². The van der Waals surface area contributed by atoms with E-state index >= 15 is 0 Å². The van der Waals surface area contributed by atoms with Crippen molar-refractivity contribution in [2.24, 2.45) is 0 Å². The Balaban J connectivity index is 1.79. The van der Waals surface area contributed by atoms with Gasteiger partial charge in [0.2, 0.25) is 0 Å². The number of methoxy groups -OCH3 is 1. The molecule has 1 heterocycles. The number of anilines is 1. The van der Waals surface area contributed by atoms with Gasteiger partial charge in [-0.3, -0.25) is 14.9 Å². The number of nitrogens with zero attached hydrogens (tertiary/aromatic N) is 2. The topological polar surface area (TPSA) is 84.7 Å².